The van der Waals surface area contributed by atoms with Crippen LogP contribution in [0, 0.1) is 6.92 Å². The molecule has 0 aromatic heterocycles. The predicted octanol–water partition coefficient (Wildman–Crippen LogP) is 22.8. The van der Waals surface area contributed by atoms with Gasteiger partial charge in [-0.3, -0.25) is 0 Å². The third-order valence-corrected chi connectivity index (χ3v) is 23.2. The molecule has 0 bridgehead atoms. The van der Waals surface area contributed by atoms with Crippen LogP contribution in [0.1, 0.15) is 225 Å². The van der Waals surface area contributed by atoms with Crippen LogP contribution in [0.4, 0.5) is 0 Å². The molecule has 0 fully saturated rings. The van der Waals surface area contributed by atoms with Gasteiger partial charge in [-0.15, -0.1) is 0 Å². The number of methoxy groups -OCH3 is 1. The number of benzene rings is 12. The van der Waals surface area contributed by atoms with E-state index in [0.29, 0.717) is 129 Å². The molecular weight excluding hydrogens is 1550 g/mol. The summed E-state index contributed by atoms with van der Waals surface area (Å²) in [6.07, 6.45) is 11.9. The molecule has 0 saturated heterocycles. The molecule has 0 atom stereocenters. The number of para-hydroxylation sites is 8. The van der Waals surface area contributed by atoms with Crippen LogP contribution < -0.4 is 0 Å². The Hall–Kier alpha value is -11.9. The molecule has 0 unspecified atom stereocenters. The molecule has 0 spiro atoms. The number of rotatable bonds is 36. The van der Waals surface area contributed by atoms with Gasteiger partial charge in [0.25, 0.3) is 0 Å². The Labute approximate surface area is 733 Å². The lowest BCUT2D eigenvalue weighted by atomic mass is 9.94. The van der Waals surface area contributed by atoms with Gasteiger partial charge in [-0.2, -0.15) is 0 Å². The van der Waals surface area contributed by atoms with Crippen LogP contribution in [0.5, 0.6) is 69.0 Å². The van der Waals surface area contributed by atoms with Crippen molar-refractivity contribution < 1.29 is 80.2 Å². The third kappa shape index (κ3) is 25.4. The molecule has 16 nitrogen and oxygen atoms in total. The van der Waals surface area contributed by atoms with Crippen molar-refractivity contribution in [2.75, 3.05) is 7.11 Å². The van der Waals surface area contributed by atoms with E-state index in [1.165, 1.54) is 5.56 Å². The molecule has 0 aliphatic heterocycles. The highest BCUT2D eigenvalue weighted by Crippen LogP contribution is 2.38. The molecule has 0 aliphatic carbocycles. The van der Waals surface area contributed by atoms with E-state index in [2.05, 4.69) is 13.0 Å². The lowest BCUT2D eigenvalue weighted by molar-refractivity contribution is 0.103. The van der Waals surface area contributed by atoms with Crippen molar-refractivity contribution in [1.82, 2.24) is 0 Å². The van der Waals surface area contributed by atoms with Crippen molar-refractivity contribution >= 4 is 0 Å². The summed E-state index contributed by atoms with van der Waals surface area (Å²) in [5, 5.41) is 127. The van der Waals surface area contributed by atoms with Gasteiger partial charge in [-0.05, 0) is 232 Å². The summed E-state index contributed by atoms with van der Waals surface area (Å²) in [5.74, 6) is 3.50. The second kappa shape index (κ2) is 47.6. The Bertz CT molecular complexity index is 5480. The van der Waals surface area contributed by atoms with Gasteiger partial charge in [-0.1, -0.05) is 245 Å². The number of phenols is 12. The second-order valence-corrected chi connectivity index (χ2v) is 31.6. The molecule has 0 radical (unpaired) electrons. The van der Waals surface area contributed by atoms with Gasteiger partial charge in [-0.25, -0.2) is 0 Å². The molecule has 0 amide bonds. The summed E-state index contributed by atoms with van der Waals surface area (Å²) in [6, 6.07) is 61.8. The SMILES string of the molecule is CCc1cc(CC)c(O)c(COCc2cccc(CC)c2O)c1.CCc1cc(Cc2cccc(CC)c2O)cc(CC)c1O.CCc1cc(Cc2cccc(CC)c2O)cc(COCc2cccc(CCc3cccc(C)c3O)c2O)c1O.CCc1cccc(COCc2cc(Cc3cccc(CCc4cccc(COC)c4O)c3O)cc(CC)c2O)c1O. The van der Waals surface area contributed by atoms with E-state index in [4.69, 9.17) is 18.9 Å². The maximum absolute atomic E-state index is 11.1. The smallest absolute Gasteiger partial charge is 0.124 e. The van der Waals surface area contributed by atoms with Crippen LogP contribution in [-0.4, -0.2) is 68.4 Å². The van der Waals surface area contributed by atoms with E-state index >= 15 is 0 Å². The highest BCUT2D eigenvalue weighted by Gasteiger charge is 2.21. The molecule has 12 N–H and O–H groups in total. The first-order chi connectivity index (χ1) is 59.9. The van der Waals surface area contributed by atoms with Gasteiger partial charge in [0.1, 0.15) is 69.0 Å². The minimum Gasteiger partial charge on any atom is -0.507 e. The van der Waals surface area contributed by atoms with E-state index < -0.39 is 0 Å². The summed E-state index contributed by atoms with van der Waals surface area (Å²) in [5.41, 5.74) is 24.4. The van der Waals surface area contributed by atoms with E-state index in [0.717, 1.165) is 185 Å². The molecule has 124 heavy (non-hydrogen) atoms. The molecule has 12 aromatic carbocycles. The first-order valence-corrected chi connectivity index (χ1v) is 43.8. The molecule has 12 rings (SSSR count). The monoisotopic (exact) mass is 1680 g/mol. The number of hydrogen-bond acceptors (Lipinski definition) is 16. The zero-order valence-corrected chi connectivity index (χ0v) is 74.4. The summed E-state index contributed by atoms with van der Waals surface area (Å²) in [4.78, 5) is 0. The molecule has 16 heteroatoms. The van der Waals surface area contributed by atoms with Crippen molar-refractivity contribution in [2.24, 2.45) is 0 Å². The van der Waals surface area contributed by atoms with Crippen molar-refractivity contribution in [3.63, 3.8) is 0 Å². The fourth-order valence-electron chi connectivity index (χ4n) is 15.8. The molecule has 0 aliphatic rings. The zero-order valence-electron chi connectivity index (χ0n) is 74.4. The Balaban J connectivity index is 0.000000195. The van der Waals surface area contributed by atoms with Crippen LogP contribution in [0.3, 0.4) is 0 Å². The normalized spacial score (nSPS) is 11.1. The van der Waals surface area contributed by atoms with Crippen LogP contribution >= 0.6 is 0 Å². The first-order valence-electron chi connectivity index (χ1n) is 43.8. The number of ether oxygens (including phenoxy) is 4. The molecule has 656 valence electrons. The Kier molecular flexibility index (Phi) is 36.9. The lowest BCUT2D eigenvalue weighted by Crippen LogP contribution is -2.01. The number of aryl methyl sites for hydroxylation is 15. The van der Waals surface area contributed by atoms with E-state index in [-0.39, 0.29) is 60.9 Å². The Morgan fingerprint density at radius 2 is 0.371 bits per heavy atom. The molecule has 0 heterocycles. The third-order valence-electron chi connectivity index (χ3n) is 23.2. The minimum atomic E-state index is 0.189. The van der Waals surface area contributed by atoms with E-state index in [9.17, 15) is 61.3 Å². The van der Waals surface area contributed by atoms with Gasteiger partial charge < -0.3 is 80.2 Å². The molecular formula is C108H128O16. The summed E-state index contributed by atoms with van der Waals surface area (Å²) in [7, 11) is 1.60. The van der Waals surface area contributed by atoms with Crippen LogP contribution in [0.25, 0.3) is 0 Å². The second-order valence-electron chi connectivity index (χ2n) is 31.6. The topological polar surface area (TPSA) is 280 Å². The first kappa shape index (κ1) is 95.9. The average Bonchev–Trinajstić information content (AvgIpc) is 0.813. The van der Waals surface area contributed by atoms with E-state index in [1.807, 2.05) is 257 Å². The lowest BCUT2D eigenvalue weighted by Gasteiger charge is -2.15. The number of aromatic hydroxyl groups is 12. The molecule has 0 saturated carbocycles. The summed E-state index contributed by atoms with van der Waals surface area (Å²) < 4.78 is 22.8. The maximum Gasteiger partial charge on any atom is 0.124 e. The van der Waals surface area contributed by atoms with Crippen LogP contribution in [0.2, 0.25) is 0 Å². The van der Waals surface area contributed by atoms with E-state index in [1.54, 1.807) is 7.11 Å². The highest BCUT2D eigenvalue weighted by molar-refractivity contribution is 5.54. The van der Waals surface area contributed by atoms with Crippen molar-refractivity contribution in [3.05, 3.63) is 350 Å². The van der Waals surface area contributed by atoms with Crippen molar-refractivity contribution in [3.8, 4) is 69.0 Å². The number of hydrogen-bond donors (Lipinski definition) is 12. The predicted molar refractivity (Wildman–Crippen MR) is 495 cm³/mol. The quantitative estimate of drug-likeness (QED) is 0.0174. The highest BCUT2D eigenvalue weighted by atomic mass is 16.5. The Morgan fingerprint density at radius 3 is 0.653 bits per heavy atom. The van der Waals surface area contributed by atoms with Gasteiger partial charge in [0.05, 0.1) is 46.2 Å². The minimum absolute atomic E-state index is 0.189. The maximum atomic E-state index is 11.1. The Morgan fingerprint density at radius 1 is 0.185 bits per heavy atom. The molecule has 12 aromatic rings. The van der Waals surface area contributed by atoms with Gasteiger partial charge in [0.2, 0.25) is 0 Å². The van der Waals surface area contributed by atoms with Crippen LogP contribution in [0.15, 0.2) is 194 Å². The summed E-state index contributed by atoms with van der Waals surface area (Å²) in [6.45, 7) is 24.0. The zero-order chi connectivity index (χ0) is 89.5. The number of phenolic OH excluding ortho intramolecular Hbond substituents is 12. The van der Waals surface area contributed by atoms with Crippen molar-refractivity contribution in [1.29, 1.82) is 0 Å². The van der Waals surface area contributed by atoms with Crippen molar-refractivity contribution in [2.45, 2.75) is 232 Å². The summed E-state index contributed by atoms with van der Waals surface area (Å²) >= 11 is 0. The van der Waals surface area contributed by atoms with Crippen LogP contribution in [-0.2, 0) is 174 Å². The fourth-order valence-corrected chi connectivity index (χ4v) is 15.8. The van der Waals surface area contributed by atoms with Gasteiger partial charge in [0, 0.05) is 65.3 Å². The standard InChI is InChI=1S/C35H40O6.C34H38O5.C20H26O3.C19H24O2/c1-4-24-9-6-14-30(32(24)36)21-41-22-31-19-23(17-25(5-2)33(31)37)18-28-12-7-10-26(34(28)38)15-16-27-11-8-13-29(20-40-3)35(27)39;1-4-24-10-7-13-28(32(24)36)18-23-17-25(5-2)33(37)30(19-23)21-39-20-29-14-8-12-27(34(29)38)16-15-26-11-6-9-22(3)31(26)35;1-4-14-10-16(6-3)20(22)18(11-14)13-23-12-17-9-7-8-15(5-2)19(17)21;1-4-14-8-7-9-17(18(14)20)12-13-10-15(5-2)19(21)16(6-3)11-13/h6-14,17,19,36-39H,4-5,15-16,18,20-22H2,1-3H3;6-14,17,19,35-38H,4-5,15-16,18,20-21H2,1-3H3;7-11,21-22H,4-6,12-13H2,1-3H3;7-11,20-21H,4-6,12H2,1-3H3. The largest absolute Gasteiger partial charge is 0.507 e. The van der Waals surface area contributed by atoms with Gasteiger partial charge >= 0.3 is 0 Å². The fraction of sp³-hybridized carbons (Fsp3) is 0.333. The average molecular weight is 1680 g/mol. The van der Waals surface area contributed by atoms with Gasteiger partial charge in [0.15, 0.2) is 0 Å².